The fraction of sp³-hybridized carbons (Fsp3) is 0.600. The summed E-state index contributed by atoms with van der Waals surface area (Å²) in [7, 11) is 0. The molecule has 1 aliphatic carbocycles. The number of nitrogens with zero attached hydrogens (tertiary/aromatic N) is 1. The molecule has 2 N–H and O–H groups in total. The van der Waals surface area contributed by atoms with Crippen LogP contribution in [0.3, 0.4) is 0 Å². The number of fused-ring (bicyclic) bond motifs is 2. The van der Waals surface area contributed by atoms with Gasteiger partial charge < -0.3 is 10.6 Å². The third kappa shape index (κ3) is 2.01. The maximum Gasteiger partial charge on any atom is 0.146 e. The molecule has 0 spiro atoms. The van der Waals surface area contributed by atoms with E-state index in [0.29, 0.717) is 12.0 Å². The van der Waals surface area contributed by atoms with E-state index in [2.05, 4.69) is 4.90 Å². The van der Waals surface area contributed by atoms with E-state index in [4.69, 9.17) is 5.73 Å². The minimum absolute atomic E-state index is 0.0829. The second-order valence-corrected chi connectivity index (χ2v) is 5.67. The highest BCUT2D eigenvalue weighted by molar-refractivity contribution is 5.50. The topological polar surface area (TPSA) is 29.3 Å². The first-order valence-electron chi connectivity index (χ1n) is 7.01. The average Bonchev–Trinajstić information content (AvgIpc) is 2.72. The van der Waals surface area contributed by atoms with Gasteiger partial charge in [-0.1, -0.05) is 12.1 Å². The maximum atomic E-state index is 13.9. The Labute approximate surface area is 108 Å². The zero-order valence-corrected chi connectivity index (χ0v) is 10.7. The Morgan fingerprint density at radius 2 is 2.11 bits per heavy atom. The summed E-state index contributed by atoms with van der Waals surface area (Å²) in [5.41, 5.74) is 6.48. The molecular formula is C15H21FN2. The van der Waals surface area contributed by atoms with E-state index in [1.807, 2.05) is 12.1 Å². The van der Waals surface area contributed by atoms with E-state index in [-0.39, 0.29) is 5.82 Å². The van der Waals surface area contributed by atoms with Crippen molar-refractivity contribution in [1.82, 2.24) is 0 Å². The van der Waals surface area contributed by atoms with Gasteiger partial charge in [-0.3, -0.25) is 0 Å². The van der Waals surface area contributed by atoms with E-state index < -0.39 is 0 Å². The van der Waals surface area contributed by atoms with E-state index >= 15 is 0 Å². The molecule has 1 heterocycles. The molecule has 2 fully saturated rings. The van der Waals surface area contributed by atoms with Crippen LogP contribution in [0.15, 0.2) is 24.3 Å². The Morgan fingerprint density at radius 1 is 1.28 bits per heavy atom. The molecule has 1 saturated carbocycles. The Balaban J connectivity index is 1.79. The molecule has 3 unspecified atom stereocenters. The first kappa shape index (κ1) is 12.0. The van der Waals surface area contributed by atoms with Crippen LogP contribution in [0.4, 0.5) is 10.1 Å². The van der Waals surface area contributed by atoms with Crippen LogP contribution >= 0.6 is 0 Å². The molecule has 1 aliphatic heterocycles. The normalized spacial score (nSPS) is 30.8. The monoisotopic (exact) mass is 248 g/mol. The molecule has 3 heteroatoms. The summed E-state index contributed by atoms with van der Waals surface area (Å²) >= 11 is 0. The van der Waals surface area contributed by atoms with Gasteiger partial charge in [0.2, 0.25) is 0 Å². The van der Waals surface area contributed by atoms with Gasteiger partial charge >= 0.3 is 0 Å². The van der Waals surface area contributed by atoms with E-state index in [1.165, 1.54) is 19.3 Å². The minimum Gasteiger partial charge on any atom is -0.366 e. The largest absolute Gasteiger partial charge is 0.366 e. The molecule has 3 rings (SSSR count). The Kier molecular flexibility index (Phi) is 3.25. The number of benzene rings is 1. The third-order valence-corrected chi connectivity index (χ3v) is 4.68. The number of nitrogens with two attached hydrogens (primary N) is 1. The molecule has 2 aliphatic rings. The Bertz CT molecular complexity index is 421. The van der Waals surface area contributed by atoms with Gasteiger partial charge in [0.1, 0.15) is 5.82 Å². The van der Waals surface area contributed by atoms with Crippen LogP contribution in [0, 0.1) is 17.7 Å². The molecule has 1 aromatic rings. The van der Waals surface area contributed by atoms with Crippen molar-refractivity contribution >= 4 is 5.69 Å². The van der Waals surface area contributed by atoms with Crippen molar-refractivity contribution < 1.29 is 4.39 Å². The van der Waals surface area contributed by atoms with Gasteiger partial charge in [-0.05, 0) is 56.2 Å². The van der Waals surface area contributed by atoms with Crippen LogP contribution < -0.4 is 10.6 Å². The minimum atomic E-state index is -0.0829. The standard InChI is InChI=1S/C15H21FN2/c16-14-3-1-2-4-15(14)18-10-12-9-13(18)6-5-11(12)7-8-17/h1-4,11-13H,5-10,17H2. The fourth-order valence-electron chi connectivity index (χ4n) is 3.78. The van der Waals surface area contributed by atoms with Crippen LogP contribution in [-0.4, -0.2) is 19.1 Å². The lowest BCUT2D eigenvalue weighted by Gasteiger charge is -2.29. The molecule has 3 atom stereocenters. The quantitative estimate of drug-likeness (QED) is 0.891. The van der Waals surface area contributed by atoms with Crippen LogP contribution in [-0.2, 0) is 0 Å². The SMILES string of the molecule is NCCC1CCC2CC1CN2c1ccccc1F. The summed E-state index contributed by atoms with van der Waals surface area (Å²) in [6.45, 7) is 1.79. The van der Waals surface area contributed by atoms with Crippen molar-refractivity contribution in [3.63, 3.8) is 0 Å². The lowest BCUT2D eigenvalue weighted by atomic mass is 9.78. The lowest BCUT2D eigenvalue weighted by molar-refractivity contribution is 0.268. The second kappa shape index (κ2) is 4.88. The van der Waals surface area contributed by atoms with E-state index in [1.54, 1.807) is 12.1 Å². The molecule has 0 aromatic heterocycles. The number of rotatable bonds is 3. The number of para-hydroxylation sites is 1. The van der Waals surface area contributed by atoms with Gasteiger partial charge in [0.15, 0.2) is 0 Å². The van der Waals surface area contributed by atoms with E-state index in [9.17, 15) is 4.39 Å². The summed E-state index contributed by atoms with van der Waals surface area (Å²) < 4.78 is 13.9. The zero-order valence-electron chi connectivity index (χ0n) is 10.7. The van der Waals surface area contributed by atoms with Crippen LogP contribution in [0.5, 0.6) is 0 Å². The lowest BCUT2D eigenvalue weighted by Crippen LogP contribution is -2.29. The first-order valence-corrected chi connectivity index (χ1v) is 7.01. The van der Waals surface area contributed by atoms with Crippen LogP contribution in [0.1, 0.15) is 25.7 Å². The Morgan fingerprint density at radius 3 is 2.89 bits per heavy atom. The molecule has 2 bridgehead atoms. The summed E-state index contributed by atoms with van der Waals surface area (Å²) in [6, 6.07) is 7.71. The number of hydrogen-bond donors (Lipinski definition) is 1. The smallest absolute Gasteiger partial charge is 0.146 e. The molecule has 0 radical (unpaired) electrons. The number of hydrogen-bond acceptors (Lipinski definition) is 2. The second-order valence-electron chi connectivity index (χ2n) is 5.67. The zero-order chi connectivity index (χ0) is 12.5. The van der Waals surface area contributed by atoms with Crippen molar-refractivity contribution in [2.75, 3.05) is 18.0 Å². The highest BCUT2D eigenvalue weighted by Crippen LogP contribution is 2.43. The van der Waals surface area contributed by atoms with E-state index in [0.717, 1.165) is 31.1 Å². The number of anilines is 1. The average molecular weight is 248 g/mol. The highest BCUT2D eigenvalue weighted by atomic mass is 19.1. The summed E-state index contributed by atoms with van der Waals surface area (Å²) in [6.07, 6.45) is 4.80. The molecule has 98 valence electrons. The van der Waals surface area contributed by atoms with Gasteiger partial charge in [0.25, 0.3) is 0 Å². The van der Waals surface area contributed by atoms with Gasteiger partial charge in [-0.2, -0.15) is 0 Å². The van der Waals surface area contributed by atoms with Crippen molar-refractivity contribution in [2.24, 2.45) is 17.6 Å². The maximum absolute atomic E-state index is 13.9. The summed E-state index contributed by atoms with van der Waals surface area (Å²) in [4.78, 5) is 2.29. The van der Waals surface area contributed by atoms with Crippen molar-refractivity contribution in [3.8, 4) is 0 Å². The molecular weight excluding hydrogens is 227 g/mol. The molecule has 2 nitrogen and oxygen atoms in total. The van der Waals surface area contributed by atoms with Gasteiger partial charge in [0, 0.05) is 12.6 Å². The van der Waals surface area contributed by atoms with Crippen molar-refractivity contribution in [1.29, 1.82) is 0 Å². The van der Waals surface area contributed by atoms with Crippen LogP contribution in [0.2, 0.25) is 0 Å². The molecule has 1 saturated heterocycles. The molecule has 0 amide bonds. The molecule has 1 aromatic carbocycles. The number of halogens is 1. The van der Waals surface area contributed by atoms with Crippen molar-refractivity contribution in [2.45, 2.75) is 31.7 Å². The van der Waals surface area contributed by atoms with Gasteiger partial charge in [-0.15, -0.1) is 0 Å². The first-order chi connectivity index (χ1) is 8.79. The summed E-state index contributed by atoms with van der Waals surface area (Å²) in [5.74, 6) is 1.38. The van der Waals surface area contributed by atoms with Gasteiger partial charge in [0.05, 0.1) is 5.69 Å². The fourth-order valence-corrected chi connectivity index (χ4v) is 3.78. The third-order valence-electron chi connectivity index (χ3n) is 4.68. The summed E-state index contributed by atoms with van der Waals surface area (Å²) in [5, 5.41) is 0. The highest BCUT2D eigenvalue weighted by Gasteiger charge is 2.40. The Hall–Kier alpha value is -1.09. The van der Waals surface area contributed by atoms with Crippen molar-refractivity contribution in [3.05, 3.63) is 30.1 Å². The predicted molar refractivity (Wildman–Crippen MR) is 72.0 cm³/mol. The van der Waals surface area contributed by atoms with Crippen LogP contribution in [0.25, 0.3) is 0 Å². The van der Waals surface area contributed by atoms with Gasteiger partial charge in [-0.25, -0.2) is 4.39 Å². The predicted octanol–water partition coefficient (Wildman–Crippen LogP) is 2.78. The molecule has 18 heavy (non-hydrogen) atoms.